The summed E-state index contributed by atoms with van der Waals surface area (Å²) < 4.78 is 3.28. The number of imidazole rings is 1. The van der Waals surface area contributed by atoms with Gasteiger partial charge in [-0.3, -0.25) is 4.79 Å². The lowest BCUT2D eigenvalue weighted by Crippen LogP contribution is -2.31. The van der Waals surface area contributed by atoms with Crippen LogP contribution in [-0.2, 0) is 17.8 Å². The van der Waals surface area contributed by atoms with Gasteiger partial charge in [0, 0.05) is 38.3 Å². The largest absolute Gasteiger partial charge is 0.334 e. The van der Waals surface area contributed by atoms with Gasteiger partial charge in [-0.05, 0) is 25.0 Å². The maximum Gasteiger partial charge on any atom is 0.224 e. The fourth-order valence-corrected chi connectivity index (χ4v) is 4.69. The van der Waals surface area contributed by atoms with E-state index in [4.69, 9.17) is 4.98 Å². The highest BCUT2D eigenvalue weighted by Crippen LogP contribution is 2.36. The van der Waals surface area contributed by atoms with Gasteiger partial charge in [0.15, 0.2) is 0 Å². The van der Waals surface area contributed by atoms with Gasteiger partial charge in [0.1, 0.15) is 10.8 Å². The number of aryl methyl sites for hydroxylation is 2. The second kappa shape index (κ2) is 6.96. The number of amides is 1. The molecule has 1 amide bonds. The second-order valence-corrected chi connectivity index (χ2v) is 7.47. The Bertz CT molecular complexity index is 851. The van der Waals surface area contributed by atoms with E-state index in [1.807, 2.05) is 35.5 Å². The third-order valence-electron chi connectivity index (χ3n) is 4.85. The van der Waals surface area contributed by atoms with E-state index >= 15 is 0 Å². The van der Waals surface area contributed by atoms with Crippen LogP contribution >= 0.6 is 11.3 Å². The Balaban J connectivity index is 1.48. The molecule has 0 saturated carbocycles. The van der Waals surface area contributed by atoms with Gasteiger partial charge in [-0.25, -0.2) is 9.97 Å². The highest BCUT2D eigenvalue weighted by molar-refractivity contribution is 7.18. The number of para-hydroxylation sites is 1. The zero-order valence-electron chi connectivity index (χ0n) is 14.4. The summed E-state index contributed by atoms with van der Waals surface area (Å²) >= 11 is 1.72. The monoisotopic (exact) mass is 354 g/mol. The summed E-state index contributed by atoms with van der Waals surface area (Å²) in [5, 5.41) is 1.07. The molecule has 2 aromatic heterocycles. The first-order valence-corrected chi connectivity index (χ1v) is 9.73. The third kappa shape index (κ3) is 3.18. The molecule has 0 radical (unpaired) electrons. The van der Waals surface area contributed by atoms with E-state index in [2.05, 4.69) is 22.5 Å². The number of fused-ring (bicyclic) bond motifs is 1. The molecular formula is C19H22N4OS. The minimum atomic E-state index is 0.137. The molecule has 1 aliphatic rings. The number of carbonyl (C=O) groups excluding carboxylic acids is 1. The van der Waals surface area contributed by atoms with E-state index < -0.39 is 0 Å². The van der Waals surface area contributed by atoms with Crippen molar-refractivity contribution in [1.82, 2.24) is 19.4 Å². The summed E-state index contributed by atoms with van der Waals surface area (Å²) in [5.74, 6) is 1.26. The van der Waals surface area contributed by atoms with E-state index in [1.165, 1.54) is 4.70 Å². The van der Waals surface area contributed by atoms with E-state index in [1.54, 1.807) is 11.3 Å². The van der Waals surface area contributed by atoms with Crippen molar-refractivity contribution in [3.05, 3.63) is 47.5 Å². The SMILES string of the molecule is CCc1nccn1CCC(=O)N1CCCC1c1nc2ccccc2s1. The molecule has 1 aliphatic heterocycles. The van der Waals surface area contributed by atoms with Crippen molar-refractivity contribution in [3.63, 3.8) is 0 Å². The van der Waals surface area contributed by atoms with Gasteiger partial charge in [0.2, 0.25) is 5.91 Å². The Morgan fingerprint density at radius 1 is 1.36 bits per heavy atom. The van der Waals surface area contributed by atoms with E-state index in [0.717, 1.165) is 42.2 Å². The Morgan fingerprint density at radius 2 is 2.24 bits per heavy atom. The molecule has 130 valence electrons. The number of likely N-dealkylation sites (tertiary alicyclic amines) is 1. The van der Waals surface area contributed by atoms with Crippen molar-refractivity contribution in [2.24, 2.45) is 0 Å². The van der Waals surface area contributed by atoms with Crippen LogP contribution in [0.25, 0.3) is 10.2 Å². The van der Waals surface area contributed by atoms with E-state index in [9.17, 15) is 4.79 Å². The Labute approximate surface area is 151 Å². The molecule has 25 heavy (non-hydrogen) atoms. The van der Waals surface area contributed by atoms with Crippen LogP contribution in [0, 0.1) is 0 Å². The molecule has 5 nitrogen and oxygen atoms in total. The molecular weight excluding hydrogens is 332 g/mol. The molecule has 3 heterocycles. The number of benzene rings is 1. The van der Waals surface area contributed by atoms with Crippen LogP contribution in [-0.4, -0.2) is 31.9 Å². The fraction of sp³-hybridized carbons (Fsp3) is 0.421. The standard InChI is InChI=1S/C19H22N4OS/c1-2-17-20-10-13-22(17)12-9-18(24)23-11-5-7-15(23)19-21-14-6-3-4-8-16(14)25-19/h3-4,6,8,10,13,15H,2,5,7,9,11-12H2,1H3. The van der Waals surface area contributed by atoms with Gasteiger partial charge in [0.05, 0.1) is 16.3 Å². The number of nitrogens with zero attached hydrogens (tertiary/aromatic N) is 4. The van der Waals surface area contributed by atoms with Gasteiger partial charge >= 0.3 is 0 Å². The average molecular weight is 354 g/mol. The van der Waals surface area contributed by atoms with Crippen molar-refractivity contribution in [2.45, 2.75) is 45.2 Å². The van der Waals surface area contributed by atoms with Crippen LogP contribution in [0.4, 0.5) is 0 Å². The molecule has 0 N–H and O–H groups in total. The molecule has 0 spiro atoms. The first-order valence-electron chi connectivity index (χ1n) is 8.91. The molecule has 3 aromatic rings. The third-order valence-corrected chi connectivity index (χ3v) is 5.99. The van der Waals surface area contributed by atoms with Crippen molar-refractivity contribution in [3.8, 4) is 0 Å². The smallest absolute Gasteiger partial charge is 0.224 e. The molecule has 1 atom stereocenters. The first kappa shape index (κ1) is 16.3. The summed E-state index contributed by atoms with van der Waals surface area (Å²) in [6.45, 7) is 3.62. The molecule has 0 bridgehead atoms. The van der Waals surface area contributed by atoms with Crippen LogP contribution < -0.4 is 0 Å². The van der Waals surface area contributed by atoms with E-state index in [0.29, 0.717) is 13.0 Å². The van der Waals surface area contributed by atoms with Crippen LogP contribution in [0.1, 0.15) is 43.1 Å². The lowest BCUT2D eigenvalue weighted by atomic mass is 10.2. The van der Waals surface area contributed by atoms with Crippen molar-refractivity contribution in [2.75, 3.05) is 6.54 Å². The number of carbonyl (C=O) groups is 1. The quantitative estimate of drug-likeness (QED) is 0.700. The topological polar surface area (TPSA) is 51.0 Å². The lowest BCUT2D eigenvalue weighted by Gasteiger charge is -2.23. The van der Waals surface area contributed by atoms with Crippen molar-refractivity contribution < 1.29 is 4.79 Å². The number of hydrogen-bond acceptors (Lipinski definition) is 4. The van der Waals surface area contributed by atoms with Crippen LogP contribution in [0.3, 0.4) is 0 Å². The van der Waals surface area contributed by atoms with E-state index in [-0.39, 0.29) is 11.9 Å². The molecule has 1 unspecified atom stereocenters. The molecule has 4 rings (SSSR count). The van der Waals surface area contributed by atoms with Crippen LogP contribution in [0.15, 0.2) is 36.7 Å². The Kier molecular flexibility index (Phi) is 4.53. The normalized spacial score (nSPS) is 17.5. The molecule has 1 saturated heterocycles. The van der Waals surface area contributed by atoms with Crippen molar-refractivity contribution >= 4 is 27.5 Å². The summed E-state index contributed by atoms with van der Waals surface area (Å²) in [6.07, 6.45) is 7.24. The Hall–Kier alpha value is -2.21. The second-order valence-electron chi connectivity index (χ2n) is 6.41. The maximum atomic E-state index is 12.8. The van der Waals surface area contributed by atoms with Gasteiger partial charge in [-0.2, -0.15) is 0 Å². The van der Waals surface area contributed by atoms with Crippen LogP contribution in [0.5, 0.6) is 0 Å². The summed E-state index contributed by atoms with van der Waals surface area (Å²) in [4.78, 5) is 23.9. The highest BCUT2D eigenvalue weighted by Gasteiger charge is 2.31. The van der Waals surface area contributed by atoms with Crippen molar-refractivity contribution in [1.29, 1.82) is 0 Å². The number of thiazole rings is 1. The zero-order valence-corrected chi connectivity index (χ0v) is 15.2. The van der Waals surface area contributed by atoms with Gasteiger partial charge in [0.25, 0.3) is 0 Å². The minimum Gasteiger partial charge on any atom is -0.334 e. The minimum absolute atomic E-state index is 0.137. The molecule has 1 aromatic carbocycles. The maximum absolute atomic E-state index is 12.8. The summed E-state index contributed by atoms with van der Waals surface area (Å²) in [5.41, 5.74) is 1.04. The average Bonchev–Trinajstić information content (AvgIpc) is 3.37. The van der Waals surface area contributed by atoms with Gasteiger partial charge in [-0.1, -0.05) is 19.1 Å². The number of hydrogen-bond donors (Lipinski definition) is 0. The highest BCUT2D eigenvalue weighted by atomic mass is 32.1. The zero-order chi connectivity index (χ0) is 17.2. The van der Waals surface area contributed by atoms with Gasteiger partial charge < -0.3 is 9.47 Å². The number of rotatable bonds is 5. The molecule has 0 aliphatic carbocycles. The fourth-order valence-electron chi connectivity index (χ4n) is 3.57. The lowest BCUT2D eigenvalue weighted by molar-refractivity contribution is -0.132. The number of aromatic nitrogens is 3. The molecule has 6 heteroatoms. The molecule has 1 fully saturated rings. The van der Waals surface area contributed by atoms with Crippen LogP contribution in [0.2, 0.25) is 0 Å². The predicted molar refractivity (Wildman–Crippen MR) is 99.5 cm³/mol. The van der Waals surface area contributed by atoms with Gasteiger partial charge in [-0.15, -0.1) is 11.3 Å². The predicted octanol–water partition coefficient (Wildman–Crippen LogP) is 3.81. The first-order chi connectivity index (χ1) is 12.3. The Morgan fingerprint density at radius 3 is 3.08 bits per heavy atom. The summed E-state index contributed by atoms with van der Waals surface area (Å²) in [7, 11) is 0. The summed E-state index contributed by atoms with van der Waals surface area (Å²) in [6, 6.07) is 8.33.